The molecule has 2 rings (SSSR count). The van der Waals surface area contributed by atoms with Gasteiger partial charge in [-0.1, -0.05) is 6.07 Å². The van der Waals surface area contributed by atoms with Crippen LogP contribution in [0.5, 0.6) is 0 Å². The van der Waals surface area contributed by atoms with Crippen LogP contribution < -0.4 is 11.1 Å². The van der Waals surface area contributed by atoms with Crippen molar-refractivity contribution in [2.45, 2.75) is 25.4 Å². The van der Waals surface area contributed by atoms with Crippen LogP contribution in [0.4, 0.5) is 4.39 Å². The normalized spacial score (nSPS) is 23.7. The molecule has 1 atom stereocenters. The second-order valence-electron chi connectivity index (χ2n) is 3.95. The van der Waals surface area contributed by atoms with Crippen molar-refractivity contribution in [2.24, 2.45) is 5.73 Å². The molecule has 0 aromatic heterocycles. The molecule has 4 heteroatoms. The first-order chi connectivity index (χ1) is 7.01. The summed E-state index contributed by atoms with van der Waals surface area (Å²) in [6, 6.07) is 4.54. The largest absolute Gasteiger partial charge is 0.334 e. The van der Waals surface area contributed by atoms with Crippen molar-refractivity contribution in [2.75, 3.05) is 0 Å². The van der Waals surface area contributed by atoms with Gasteiger partial charge in [-0.05, 0) is 36.1 Å². The summed E-state index contributed by atoms with van der Waals surface area (Å²) in [5.74, 6) is -0.523. The molecule has 1 aliphatic carbocycles. The van der Waals surface area contributed by atoms with E-state index in [9.17, 15) is 9.18 Å². The molecular formula is C11H13FN2O. The number of hydrogen-bond acceptors (Lipinski definition) is 2. The van der Waals surface area contributed by atoms with E-state index >= 15 is 0 Å². The van der Waals surface area contributed by atoms with Crippen LogP contribution in [0.25, 0.3) is 0 Å². The van der Waals surface area contributed by atoms with Gasteiger partial charge in [0, 0.05) is 6.92 Å². The van der Waals surface area contributed by atoms with Crippen molar-refractivity contribution >= 4 is 5.91 Å². The highest BCUT2D eigenvalue weighted by Crippen LogP contribution is 2.33. The quantitative estimate of drug-likeness (QED) is 0.677. The van der Waals surface area contributed by atoms with E-state index in [1.807, 2.05) is 0 Å². The fourth-order valence-electron chi connectivity index (χ4n) is 2.09. The third-order valence-electron chi connectivity index (χ3n) is 2.74. The summed E-state index contributed by atoms with van der Waals surface area (Å²) in [5.41, 5.74) is 6.84. The van der Waals surface area contributed by atoms with Gasteiger partial charge in [-0.2, -0.15) is 0 Å². The van der Waals surface area contributed by atoms with Crippen molar-refractivity contribution in [1.82, 2.24) is 5.32 Å². The first kappa shape index (κ1) is 10.1. The summed E-state index contributed by atoms with van der Waals surface area (Å²) in [7, 11) is 0. The van der Waals surface area contributed by atoms with Crippen LogP contribution in [-0.4, -0.2) is 5.91 Å². The fourth-order valence-corrected chi connectivity index (χ4v) is 2.09. The summed E-state index contributed by atoms with van der Waals surface area (Å²) < 4.78 is 13.1. The standard InChI is InChI=1S/C11H13FN2O/c1-7(15)14-11(13)5-4-8-2-3-9(12)6-10(8)11/h2-3,6H,4-5,13H2,1H3,(H,14,15). The summed E-state index contributed by atoms with van der Waals surface area (Å²) in [6.45, 7) is 1.41. The summed E-state index contributed by atoms with van der Waals surface area (Å²) in [6.07, 6.45) is 1.39. The SMILES string of the molecule is CC(=O)NC1(N)CCc2ccc(F)cc21. The van der Waals surface area contributed by atoms with Crippen LogP contribution in [0.2, 0.25) is 0 Å². The lowest BCUT2D eigenvalue weighted by Crippen LogP contribution is -2.50. The molecule has 3 nitrogen and oxygen atoms in total. The molecule has 0 fully saturated rings. The summed E-state index contributed by atoms with van der Waals surface area (Å²) >= 11 is 0. The van der Waals surface area contributed by atoms with Gasteiger partial charge in [0.2, 0.25) is 5.91 Å². The molecule has 0 bridgehead atoms. The average molecular weight is 208 g/mol. The summed E-state index contributed by atoms with van der Waals surface area (Å²) in [5, 5.41) is 2.67. The molecule has 1 aromatic rings. The molecule has 0 spiro atoms. The molecular weight excluding hydrogens is 195 g/mol. The van der Waals surface area contributed by atoms with Gasteiger partial charge in [-0.15, -0.1) is 0 Å². The summed E-state index contributed by atoms with van der Waals surface area (Å²) in [4.78, 5) is 11.0. The zero-order valence-corrected chi connectivity index (χ0v) is 8.51. The Morgan fingerprint density at radius 3 is 3.00 bits per heavy atom. The van der Waals surface area contributed by atoms with Crippen molar-refractivity contribution in [3.63, 3.8) is 0 Å². The number of fused-ring (bicyclic) bond motifs is 1. The number of nitrogens with one attached hydrogen (secondary N) is 1. The molecule has 1 amide bonds. The minimum Gasteiger partial charge on any atom is -0.334 e. The van der Waals surface area contributed by atoms with E-state index in [-0.39, 0.29) is 11.7 Å². The number of benzene rings is 1. The van der Waals surface area contributed by atoms with Gasteiger partial charge in [0.05, 0.1) is 0 Å². The van der Waals surface area contributed by atoms with Gasteiger partial charge >= 0.3 is 0 Å². The Kier molecular flexibility index (Phi) is 2.23. The Morgan fingerprint density at radius 2 is 2.33 bits per heavy atom. The molecule has 3 N–H and O–H groups in total. The zero-order valence-electron chi connectivity index (χ0n) is 8.51. The molecule has 1 aliphatic rings. The van der Waals surface area contributed by atoms with Gasteiger partial charge < -0.3 is 11.1 Å². The van der Waals surface area contributed by atoms with Gasteiger partial charge in [-0.3, -0.25) is 4.79 Å². The highest BCUT2D eigenvalue weighted by atomic mass is 19.1. The van der Waals surface area contributed by atoms with E-state index in [0.717, 1.165) is 12.0 Å². The van der Waals surface area contributed by atoms with Crippen molar-refractivity contribution in [3.05, 3.63) is 35.1 Å². The van der Waals surface area contributed by atoms with E-state index in [0.29, 0.717) is 12.0 Å². The highest BCUT2D eigenvalue weighted by Gasteiger charge is 2.35. The number of amides is 1. The molecule has 1 aromatic carbocycles. The Morgan fingerprint density at radius 1 is 1.60 bits per heavy atom. The smallest absolute Gasteiger partial charge is 0.218 e. The van der Waals surface area contributed by atoms with Gasteiger partial charge in [0.1, 0.15) is 11.5 Å². The van der Waals surface area contributed by atoms with Crippen LogP contribution in [0.15, 0.2) is 18.2 Å². The van der Waals surface area contributed by atoms with Crippen LogP contribution in [-0.2, 0) is 16.9 Å². The molecule has 1 unspecified atom stereocenters. The molecule has 0 heterocycles. The van der Waals surface area contributed by atoms with E-state index in [4.69, 9.17) is 5.73 Å². The second kappa shape index (κ2) is 3.31. The Balaban J connectivity index is 2.41. The Labute approximate surface area is 87.5 Å². The minimum absolute atomic E-state index is 0.199. The van der Waals surface area contributed by atoms with Crippen LogP contribution in [0.1, 0.15) is 24.5 Å². The number of nitrogens with two attached hydrogens (primary N) is 1. The van der Waals surface area contributed by atoms with Crippen molar-refractivity contribution in [3.8, 4) is 0 Å². The number of carbonyl (C=O) groups excluding carboxylic acids is 1. The first-order valence-corrected chi connectivity index (χ1v) is 4.88. The van der Waals surface area contributed by atoms with Crippen LogP contribution in [0, 0.1) is 5.82 Å². The molecule has 80 valence electrons. The molecule has 0 saturated carbocycles. The number of halogens is 1. The number of aryl methyl sites for hydroxylation is 1. The monoisotopic (exact) mass is 208 g/mol. The predicted octanol–water partition coefficient (Wildman–Crippen LogP) is 1.02. The van der Waals surface area contributed by atoms with E-state index in [2.05, 4.69) is 5.32 Å². The lowest BCUT2D eigenvalue weighted by Gasteiger charge is -2.26. The predicted molar refractivity (Wildman–Crippen MR) is 54.4 cm³/mol. The topological polar surface area (TPSA) is 55.1 Å². The van der Waals surface area contributed by atoms with E-state index < -0.39 is 5.66 Å². The number of carbonyl (C=O) groups is 1. The number of rotatable bonds is 1. The van der Waals surface area contributed by atoms with Gasteiger partial charge in [0.25, 0.3) is 0 Å². The van der Waals surface area contributed by atoms with E-state index in [1.54, 1.807) is 6.07 Å². The maximum absolute atomic E-state index is 13.1. The molecule has 0 saturated heterocycles. The second-order valence-corrected chi connectivity index (χ2v) is 3.95. The minimum atomic E-state index is -0.900. The van der Waals surface area contributed by atoms with Gasteiger partial charge in [0.15, 0.2) is 0 Å². The van der Waals surface area contributed by atoms with Gasteiger partial charge in [-0.25, -0.2) is 4.39 Å². The van der Waals surface area contributed by atoms with Crippen molar-refractivity contribution in [1.29, 1.82) is 0 Å². The number of hydrogen-bond donors (Lipinski definition) is 2. The third-order valence-corrected chi connectivity index (χ3v) is 2.74. The van der Waals surface area contributed by atoms with Crippen LogP contribution >= 0.6 is 0 Å². The molecule has 0 radical (unpaired) electrons. The first-order valence-electron chi connectivity index (χ1n) is 4.88. The van der Waals surface area contributed by atoms with E-state index in [1.165, 1.54) is 19.1 Å². The highest BCUT2D eigenvalue weighted by molar-refractivity contribution is 5.74. The lowest BCUT2D eigenvalue weighted by molar-refractivity contribution is -0.120. The Hall–Kier alpha value is -1.42. The maximum Gasteiger partial charge on any atom is 0.218 e. The molecule has 0 aliphatic heterocycles. The maximum atomic E-state index is 13.1. The lowest BCUT2D eigenvalue weighted by atomic mass is 10.0. The Bertz CT molecular complexity index is 419. The fraction of sp³-hybridized carbons (Fsp3) is 0.364. The van der Waals surface area contributed by atoms with Crippen LogP contribution in [0.3, 0.4) is 0 Å². The molecule has 15 heavy (non-hydrogen) atoms. The average Bonchev–Trinajstić information content (AvgIpc) is 2.43. The zero-order chi connectivity index (χ0) is 11.1. The third kappa shape index (κ3) is 1.72. The van der Waals surface area contributed by atoms with Crippen molar-refractivity contribution < 1.29 is 9.18 Å².